The molecule has 0 bridgehead atoms. The van der Waals surface area contributed by atoms with Crippen molar-refractivity contribution in [3.05, 3.63) is 16.9 Å². The van der Waals surface area contributed by atoms with Crippen LogP contribution in [0.3, 0.4) is 0 Å². The summed E-state index contributed by atoms with van der Waals surface area (Å²) in [7, 11) is 0. The molecule has 0 spiro atoms. The van der Waals surface area contributed by atoms with Gasteiger partial charge in [-0.1, -0.05) is 5.16 Å². The average molecular weight is 153 g/mol. The summed E-state index contributed by atoms with van der Waals surface area (Å²) < 4.78 is 4.24. The molecule has 0 atom stereocenters. The number of H-pyrrole nitrogens is 2. The Morgan fingerprint density at radius 1 is 1.45 bits per heavy atom. The summed E-state index contributed by atoms with van der Waals surface area (Å²) in [6, 6.07) is 0. The Labute approximate surface area is 59.5 Å². The maximum absolute atomic E-state index is 10.4. The normalized spacial score (nSPS) is 10.2. The summed E-state index contributed by atoms with van der Waals surface area (Å²) in [5.74, 6) is -0.000231. The van der Waals surface area contributed by atoms with E-state index in [9.17, 15) is 4.79 Å². The molecule has 0 fully saturated rings. The molecule has 7 nitrogen and oxygen atoms in total. The van der Waals surface area contributed by atoms with Gasteiger partial charge >= 0.3 is 5.76 Å². The van der Waals surface area contributed by atoms with Gasteiger partial charge in [-0.15, -0.1) is 0 Å². The highest BCUT2D eigenvalue weighted by Crippen LogP contribution is 2.01. The molecular formula is C4H3N5O2. The molecule has 0 radical (unpaired) electrons. The number of rotatable bonds is 1. The Hall–Kier alpha value is -1.92. The Bertz CT molecular complexity index is 385. The summed E-state index contributed by atoms with van der Waals surface area (Å²) in [5, 5.41) is 9.46. The lowest BCUT2D eigenvalue weighted by Crippen LogP contribution is -1.95. The van der Waals surface area contributed by atoms with Gasteiger partial charge in [0.15, 0.2) is 5.82 Å². The quantitative estimate of drug-likeness (QED) is 0.555. The fourth-order valence-corrected chi connectivity index (χ4v) is 0.651. The van der Waals surface area contributed by atoms with Crippen LogP contribution in [0.5, 0.6) is 0 Å². The summed E-state index contributed by atoms with van der Waals surface area (Å²) in [6.07, 6.45) is 1.31. The first-order chi connectivity index (χ1) is 5.36. The number of hydrogen-bond donors (Lipinski definition) is 2. The maximum atomic E-state index is 10.4. The highest BCUT2D eigenvalue weighted by Gasteiger charge is 2.05. The zero-order valence-electron chi connectivity index (χ0n) is 5.24. The Balaban J connectivity index is 2.53. The van der Waals surface area contributed by atoms with E-state index in [0.29, 0.717) is 5.82 Å². The highest BCUT2D eigenvalue weighted by molar-refractivity contribution is 5.38. The van der Waals surface area contributed by atoms with Crippen molar-refractivity contribution in [1.82, 2.24) is 25.3 Å². The number of aromatic amines is 2. The first-order valence-electron chi connectivity index (χ1n) is 2.78. The van der Waals surface area contributed by atoms with Gasteiger partial charge in [-0.25, -0.2) is 9.78 Å². The molecule has 0 aliphatic carbocycles. The van der Waals surface area contributed by atoms with Crippen molar-refractivity contribution in [1.29, 1.82) is 0 Å². The van der Waals surface area contributed by atoms with Crippen LogP contribution in [0.25, 0.3) is 11.6 Å². The molecular weight excluding hydrogens is 150 g/mol. The SMILES string of the molecule is O=c1[nH]c(-c2ncn[nH]2)no1. The molecule has 0 aliphatic heterocycles. The van der Waals surface area contributed by atoms with E-state index in [1.54, 1.807) is 0 Å². The number of aromatic nitrogens is 5. The molecule has 2 N–H and O–H groups in total. The van der Waals surface area contributed by atoms with Crippen molar-refractivity contribution in [3.63, 3.8) is 0 Å². The first kappa shape index (κ1) is 5.83. The number of nitrogens with zero attached hydrogens (tertiary/aromatic N) is 3. The Morgan fingerprint density at radius 2 is 2.36 bits per heavy atom. The lowest BCUT2D eigenvalue weighted by molar-refractivity contribution is 0.387. The van der Waals surface area contributed by atoms with Gasteiger partial charge in [-0.2, -0.15) is 5.10 Å². The summed E-state index contributed by atoms with van der Waals surface area (Å²) in [4.78, 5) is 16.5. The van der Waals surface area contributed by atoms with E-state index >= 15 is 0 Å². The molecule has 0 amide bonds. The van der Waals surface area contributed by atoms with Crippen molar-refractivity contribution in [3.8, 4) is 11.6 Å². The highest BCUT2D eigenvalue weighted by atomic mass is 16.5. The molecule has 0 saturated carbocycles. The zero-order chi connectivity index (χ0) is 7.68. The molecule has 2 aromatic rings. The van der Waals surface area contributed by atoms with Crippen molar-refractivity contribution < 1.29 is 4.52 Å². The van der Waals surface area contributed by atoms with Crippen LogP contribution in [0.4, 0.5) is 0 Å². The lowest BCUT2D eigenvalue weighted by atomic mass is 10.6. The molecule has 11 heavy (non-hydrogen) atoms. The van der Waals surface area contributed by atoms with E-state index in [2.05, 4.69) is 29.8 Å². The van der Waals surface area contributed by atoms with Crippen LogP contribution in [0.1, 0.15) is 0 Å². The van der Waals surface area contributed by atoms with Gasteiger partial charge in [0.25, 0.3) is 0 Å². The minimum absolute atomic E-state index is 0.243. The van der Waals surface area contributed by atoms with E-state index in [1.165, 1.54) is 6.33 Å². The van der Waals surface area contributed by atoms with E-state index in [0.717, 1.165) is 0 Å². The third kappa shape index (κ3) is 0.914. The third-order valence-corrected chi connectivity index (χ3v) is 1.08. The van der Waals surface area contributed by atoms with Crippen molar-refractivity contribution in [2.75, 3.05) is 0 Å². The van der Waals surface area contributed by atoms with E-state index in [4.69, 9.17) is 0 Å². The second-order valence-corrected chi connectivity index (χ2v) is 1.78. The predicted molar refractivity (Wildman–Crippen MR) is 32.5 cm³/mol. The molecule has 2 rings (SSSR count). The van der Waals surface area contributed by atoms with Crippen LogP contribution in [0.2, 0.25) is 0 Å². The average Bonchev–Trinajstić information content (AvgIpc) is 2.55. The van der Waals surface area contributed by atoms with Crippen molar-refractivity contribution >= 4 is 0 Å². The lowest BCUT2D eigenvalue weighted by Gasteiger charge is -1.79. The number of nitrogens with one attached hydrogen (secondary N) is 2. The molecule has 56 valence electrons. The van der Waals surface area contributed by atoms with Gasteiger partial charge in [0.1, 0.15) is 6.33 Å². The van der Waals surface area contributed by atoms with Crippen LogP contribution < -0.4 is 5.76 Å². The van der Waals surface area contributed by atoms with Crippen LogP contribution in [-0.2, 0) is 0 Å². The fourth-order valence-electron chi connectivity index (χ4n) is 0.651. The fraction of sp³-hybridized carbons (Fsp3) is 0. The maximum Gasteiger partial charge on any atom is 0.439 e. The molecule has 2 heterocycles. The van der Waals surface area contributed by atoms with Crippen molar-refractivity contribution in [2.45, 2.75) is 0 Å². The molecule has 0 saturated heterocycles. The van der Waals surface area contributed by atoms with E-state index in [1.807, 2.05) is 0 Å². The van der Waals surface area contributed by atoms with E-state index < -0.39 is 5.76 Å². The minimum atomic E-state index is -0.614. The van der Waals surface area contributed by atoms with Gasteiger partial charge in [-0.3, -0.25) is 14.6 Å². The Kier molecular flexibility index (Phi) is 1.08. The monoisotopic (exact) mass is 153 g/mol. The van der Waals surface area contributed by atoms with E-state index in [-0.39, 0.29) is 5.82 Å². The predicted octanol–water partition coefficient (Wildman–Crippen LogP) is -0.852. The minimum Gasteiger partial charge on any atom is -0.295 e. The van der Waals surface area contributed by atoms with Crippen LogP contribution in [-0.4, -0.2) is 25.3 Å². The zero-order valence-corrected chi connectivity index (χ0v) is 5.24. The molecule has 0 aromatic carbocycles. The van der Waals surface area contributed by atoms with Crippen LogP contribution in [0, 0.1) is 0 Å². The summed E-state index contributed by atoms with van der Waals surface area (Å²) >= 11 is 0. The topological polar surface area (TPSA) is 100 Å². The molecule has 0 aliphatic rings. The molecule has 2 aromatic heterocycles. The second kappa shape index (κ2) is 2.04. The molecule has 0 unspecified atom stereocenters. The van der Waals surface area contributed by atoms with Gasteiger partial charge in [0.2, 0.25) is 5.82 Å². The standard InChI is InChI=1S/C4H3N5O2/c10-4-7-3(9-11-4)2-5-1-6-8-2/h1H,(H,5,6,8)(H,7,9,10). The van der Waals surface area contributed by atoms with Crippen LogP contribution >= 0.6 is 0 Å². The first-order valence-corrected chi connectivity index (χ1v) is 2.78. The van der Waals surface area contributed by atoms with Gasteiger partial charge in [-0.05, 0) is 0 Å². The molecule has 7 heteroatoms. The van der Waals surface area contributed by atoms with Crippen LogP contribution in [0.15, 0.2) is 15.6 Å². The largest absolute Gasteiger partial charge is 0.439 e. The third-order valence-electron chi connectivity index (χ3n) is 1.08. The smallest absolute Gasteiger partial charge is 0.295 e. The Morgan fingerprint density at radius 3 is 2.91 bits per heavy atom. The van der Waals surface area contributed by atoms with Crippen molar-refractivity contribution in [2.24, 2.45) is 0 Å². The van der Waals surface area contributed by atoms with Gasteiger partial charge < -0.3 is 0 Å². The number of hydrogen-bond acceptors (Lipinski definition) is 5. The van der Waals surface area contributed by atoms with Gasteiger partial charge in [0.05, 0.1) is 0 Å². The summed E-state index contributed by atoms with van der Waals surface area (Å²) in [6.45, 7) is 0. The second-order valence-electron chi connectivity index (χ2n) is 1.78. The summed E-state index contributed by atoms with van der Waals surface area (Å²) in [5.41, 5.74) is 0. The van der Waals surface area contributed by atoms with Gasteiger partial charge in [0, 0.05) is 0 Å².